The number of benzene rings is 1. The van der Waals surface area contributed by atoms with E-state index in [1.807, 2.05) is 19.1 Å². The first-order valence-corrected chi connectivity index (χ1v) is 3.89. The van der Waals surface area contributed by atoms with Gasteiger partial charge in [-0.3, -0.25) is 0 Å². The lowest BCUT2D eigenvalue weighted by molar-refractivity contribution is 0.471. The molecule has 64 valence electrons. The number of phenolic OH excluding ortho intramolecular Hbond substituents is 1. The van der Waals surface area contributed by atoms with E-state index in [9.17, 15) is 5.11 Å². The van der Waals surface area contributed by atoms with Crippen molar-refractivity contribution < 1.29 is 5.11 Å². The van der Waals surface area contributed by atoms with Crippen molar-refractivity contribution in [2.45, 2.75) is 6.92 Å². The molecule has 0 aliphatic heterocycles. The fourth-order valence-corrected chi connectivity index (χ4v) is 0.997. The van der Waals surface area contributed by atoms with Crippen molar-refractivity contribution in [2.75, 3.05) is 11.9 Å². The summed E-state index contributed by atoms with van der Waals surface area (Å²) in [6.07, 6.45) is 1.78. The maximum atomic E-state index is 9.33. The predicted octanol–water partition coefficient (Wildman–Crippen LogP) is 2.30. The first-order chi connectivity index (χ1) is 5.75. The van der Waals surface area contributed by atoms with Crippen molar-refractivity contribution in [3.8, 4) is 5.75 Å². The van der Waals surface area contributed by atoms with Crippen LogP contribution in [0.5, 0.6) is 5.75 Å². The molecular weight excluding hydrogens is 150 g/mol. The highest BCUT2D eigenvalue weighted by Crippen LogP contribution is 2.23. The second-order valence-electron chi connectivity index (χ2n) is 2.62. The number of rotatable bonds is 3. The maximum Gasteiger partial charge on any atom is 0.120 e. The van der Waals surface area contributed by atoms with Gasteiger partial charge in [-0.05, 0) is 19.1 Å². The van der Waals surface area contributed by atoms with Gasteiger partial charge < -0.3 is 10.4 Å². The van der Waals surface area contributed by atoms with E-state index in [-0.39, 0.29) is 0 Å². The fourth-order valence-electron chi connectivity index (χ4n) is 0.997. The molecule has 1 rings (SSSR count). The van der Waals surface area contributed by atoms with E-state index in [1.165, 1.54) is 0 Å². The highest BCUT2D eigenvalue weighted by Gasteiger charge is 1.99. The quantitative estimate of drug-likeness (QED) is 0.670. The third-order valence-corrected chi connectivity index (χ3v) is 1.74. The summed E-state index contributed by atoms with van der Waals surface area (Å²) in [5.41, 5.74) is 1.83. The Labute approximate surface area is 72.5 Å². The first kappa shape index (κ1) is 8.65. The van der Waals surface area contributed by atoms with Gasteiger partial charge in [-0.2, -0.15) is 0 Å². The van der Waals surface area contributed by atoms with Crippen LogP contribution in [0.15, 0.2) is 30.9 Å². The minimum absolute atomic E-state index is 0.323. The molecule has 0 heterocycles. The van der Waals surface area contributed by atoms with E-state index in [0.717, 1.165) is 11.3 Å². The topological polar surface area (TPSA) is 32.3 Å². The average Bonchev–Trinajstić information content (AvgIpc) is 2.08. The number of aromatic hydroxyl groups is 1. The molecule has 0 aliphatic carbocycles. The van der Waals surface area contributed by atoms with E-state index in [4.69, 9.17) is 0 Å². The largest absolute Gasteiger partial charge is 0.508 e. The molecule has 0 aliphatic rings. The summed E-state index contributed by atoms with van der Waals surface area (Å²) >= 11 is 0. The van der Waals surface area contributed by atoms with E-state index in [0.29, 0.717) is 12.3 Å². The summed E-state index contributed by atoms with van der Waals surface area (Å²) < 4.78 is 0. The molecule has 12 heavy (non-hydrogen) atoms. The van der Waals surface area contributed by atoms with Gasteiger partial charge in [-0.1, -0.05) is 12.1 Å². The molecule has 2 heteroatoms. The van der Waals surface area contributed by atoms with Crippen molar-refractivity contribution >= 4 is 5.69 Å². The van der Waals surface area contributed by atoms with Crippen LogP contribution in [-0.4, -0.2) is 11.7 Å². The summed E-state index contributed by atoms with van der Waals surface area (Å²) in [7, 11) is 0. The molecule has 2 nitrogen and oxygen atoms in total. The molecule has 0 saturated carbocycles. The minimum Gasteiger partial charge on any atom is -0.508 e. The third-order valence-electron chi connectivity index (χ3n) is 1.74. The van der Waals surface area contributed by atoms with Gasteiger partial charge in [0.05, 0.1) is 0 Å². The highest BCUT2D eigenvalue weighted by molar-refractivity contribution is 5.56. The number of hydrogen-bond acceptors (Lipinski definition) is 2. The van der Waals surface area contributed by atoms with Crippen molar-refractivity contribution in [2.24, 2.45) is 0 Å². The molecule has 1 aromatic carbocycles. The summed E-state index contributed by atoms with van der Waals surface area (Å²) in [5, 5.41) is 12.5. The molecule has 0 atom stereocenters. The lowest BCUT2D eigenvalue weighted by Gasteiger charge is -2.07. The van der Waals surface area contributed by atoms with E-state index in [1.54, 1.807) is 12.1 Å². The molecule has 1 aromatic rings. The Morgan fingerprint density at radius 1 is 1.58 bits per heavy atom. The lowest BCUT2D eigenvalue weighted by Crippen LogP contribution is -1.99. The van der Waals surface area contributed by atoms with Crippen LogP contribution < -0.4 is 5.32 Å². The molecule has 0 saturated heterocycles. The van der Waals surface area contributed by atoms with Crippen LogP contribution in [-0.2, 0) is 0 Å². The lowest BCUT2D eigenvalue weighted by atomic mass is 10.2. The Balaban J connectivity index is 2.84. The van der Waals surface area contributed by atoms with E-state index < -0.39 is 0 Å². The van der Waals surface area contributed by atoms with E-state index in [2.05, 4.69) is 11.9 Å². The van der Waals surface area contributed by atoms with Crippen LogP contribution in [0.1, 0.15) is 5.56 Å². The summed E-state index contributed by atoms with van der Waals surface area (Å²) in [6, 6.07) is 5.42. The molecule has 0 unspecified atom stereocenters. The van der Waals surface area contributed by atoms with Gasteiger partial charge in [0, 0.05) is 17.8 Å². The Kier molecular flexibility index (Phi) is 2.75. The van der Waals surface area contributed by atoms with Gasteiger partial charge >= 0.3 is 0 Å². The van der Waals surface area contributed by atoms with Crippen LogP contribution in [0.2, 0.25) is 0 Å². The maximum absolute atomic E-state index is 9.33. The molecule has 0 aromatic heterocycles. The zero-order chi connectivity index (χ0) is 8.97. The SMILES string of the molecule is C=CCNc1cccc(O)c1C. The molecule has 0 spiro atoms. The van der Waals surface area contributed by atoms with Gasteiger partial charge in [-0.15, -0.1) is 6.58 Å². The van der Waals surface area contributed by atoms with Gasteiger partial charge in [0.1, 0.15) is 5.75 Å². The normalized spacial score (nSPS) is 9.42. The van der Waals surface area contributed by atoms with Gasteiger partial charge in [0.15, 0.2) is 0 Å². The van der Waals surface area contributed by atoms with Crippen LogP contribution in [0.4, 0.5) is 5.69 Å². The Morgan fingerprint density at radius 2 is 2.33 bits per heavy atom. The average molecular weight is 163 g/mol. The molecule has 2 N–H and O–H groups in total. The Morgan fingerprint density at radius 3 is 3.00 bits per heavy atom. The van der Waals surface area contributed by atoms with Crippen molar-refractivity contribution in [3.05, 3.63) is 36.4 Å². The highest BCUT2D eigenvalue weighted by atomic mass is 16.3. The standard InChI is InChI=1S/C10H13NO/c1-3-7-11-9-5-4-6-10(12)8(9)2/h3-6,11-12H,1,7H2,2H3. The molecule has 0 radical (unpaired) electrons. The molecular formula is C10H13NO. The molecule has 0 amide bonds. The van der Waals surface area contributed by atoms with Crippen LogP contribution >= 0.6 is 0 Å². The van der Waals surface area contributed by atoms with Crippen molar-refractivity contribution in [1.82, 2.24) is 0 Å². The Hall–Kier alpha value is -1.44. The summed E-state index contributed by atoms with van der Waals surface area (Å²) in [4.78, 5) is 0. The number of phenols is 1. The zero-order valence-electron chi connectivity index (χ0n) is 7.17. The monoisotopic (exact) mass is 163 g/mol. The first-order valence-electron chi connectivity index (χ1n) is 3.89. The second kappa shape index (κ2) is 3.81. The van der Waals surface area contributed by atoms with Gasteiger partial charge in [0.25, 0.3) is 0 Å². The Bertz CT molecular complexity index is 281. The second-order valence-corrected chi connectivity index (χ2v) is 2.62. The smallest absolute Gasteiger partial charge is 0.120 e. The zero-order valence-corrected chi connectivity index (χ0v) is 7.17. The number of hydrogen-bond donors (Lipinski definition) is 2. The predicted molar refractivity (Wildman–Crippen MR) is 51.5 cm³/mol. The van der Waals surface area contributed by atoms with Gasteiger partial charge in [-0.25, -0.2) is 0 Å². The van der Waals surface area contributed by atoms with Crippen molar-refractivity contribution in [3.63, 3.8) is 0 Å². The van der Waals surface area contributed by atoms with E-state index >= 15 is 0 Å². The van der Waals surface area contributed by atoms with Gasteiger partial charge in [0.2, 0.25) is 0 Å². The van der Waals surface area contributed by atoms with Crippen LogP contribution in [0.25, 0.3) is 0 Å². The third kappa shape index (κ3) is 1.78. The molecule has 0 bridgehead atoms. The minimum atomic E-state index is 0.323. The summed E-state index contributed by atoms with van der Waals surface area (Å²) in [5.74, 6) is 0.323. The summed E-state index contributed by atoms with van der Waals surface area (Å²) in [6.45, 7) is 6.19. The van der Waals surface area contributed by atoms with Crippen molar-refractivity contribution in [1.29, 1.82) is 0 Å². The molecule has 0 fully saturated rings. The number of anilines is 1. The fraction of sp³-hybridized carbons (Fsp3) is 0.200. The van der Waals surface area contributed by atoms with Crippen LogP contribution in [0, 0.1) is 6.92 Å². The number of nitrogens with one attached hydrogen (secondary N) is 1. The van der Waals surface area contributed by atoms with Crippen LogP contribution in [0.3, 0.4) is 0 Å².